The summed E-state index contributed by atoms with van der Waals surface area (Å²) in [4.78, 5) is 16.0. The van der Waals surface area contributed by atoms with Gasteiger partial charge in [-0.25, -0.2) is 0 Å². The predicted octanol–water partition coefficient (Wildman–Crippen LogP) is 0.352. The van der Waals surface area contributed by atoms with Gasteiger partial charge in [0.2, 0.25) is 5.91 Å². The van der Waals surface area contributed by atoms with Gasteiger partial charge in [0.15, 0.2) is 0 Å². The quantitative estimate of drug-likeness (QED) is 0.716. The van der Waals surface area contributed by atoms with Crippen LogP contribution in [-0.4, -0.2) is 55.6 Å². The molecular weight excluding hydrogens is 190 g/mol. The summed E-state index contributed by atoms with van der Waals surface area (Å²) in [6.07, 6.45) is 1.05. The largest absolute Gasteiger partial charge is 0.327 e. The summed E-state index contributed by atoms with van der Waals surface area (Å²) < 4.78 is 0. The van der Waals surface area contributed by atoms with Crippen LogP contribution in [0, 0.1) is 5.92 Å². The van der Waals surface area contributed by atoms with E-state index in [1.165, 1.54) is 0 Å². The molecule has 0 saturated carbocycles. The van der Waals surface area contributed by atoms with E-state index in [0.29, 0.717) is 12.6 Å². The Morgan fingerprint density at radius 1 is 1.60 bits per heavy atom. The Kier molecular flexibility index (Phi) is 4.54. The molecule has 1 amide bonds. The molecule has 1 rings (SSSR count). The molecule has 1 heterocycles. The van der Waals surface area contributed by atoms with Crippen molar-refractivity contribution in [1.29, 1.82) is 0 Å². The van der Waals surface area contributed by atoms with Crippen molar-refractivity contribution in [2.75, 3.05) is 33.9 Å². The maximum atomic E-state index is 12.0. The van der Waals surface area contributed by atoms with Gasteiger partial charge in [-0.1, -0.05) is 20.3 Å². The number of likely N-dealkylation sites (N-methyl/N-ethyl adjacent to an activating group) is 1. The molecule has 1 fully saturated rings. The number of carbonyl (C=O) groups is 1. The minimum atomic E-state index is 0.0390. The predicted molar refractivity (Wildman–Crippen MR) is 61.5 cm³/mol. The molecule has 0 aromatic heterocycles. The minimum absolute atomic E-state index is 0.0390. The lowest BCUT2D eigenvalue weighted by atomic mass is 9.99. The van der Waals surface area contributed by atoms with E-state index >= 15 is 0 Å². The first kappa shape index (κ1) is 12.5. The number of nitrogens with zero attached hydrogens (tertiary/aromatic N) is 2. The first-order valence-corrected chi connectivity index (χ1v) is 5.73. The molecule has 88 valence electrons. The van der Waals surface area contributed by atoms with E-state index in [2.05, 4.69) is 24.1 Å². The number of hydrogen-bond acceptors (Lipinski definition) is 3. The zero-order valence-corrected chi connectivity index (χ0v) is 10.3. The van der Waals surface area contributed by atoms with E-state index in [1.54, 1.807) is 0 Å². The third-order valence-corrected chi connectivity index (χ3v) is 3.11. The first-order valence-electron chi connectivity index (χ1n) is 5.73. The van der Waals surface area contributed by atoms with Crippen LogP contribution in [0.4, 0.5) is 0 Å². The fourth-order valence-electron chi connectivity index (χ4n) is 1.76. The van der Waals surface area contributed by atoms with Crippen molar-refractivity contribution >= 4 is 5.91 Å². The smallest absolute Gasteiger partial charge is 0.241 e. The second-order valence-electron chi connectivity index (χ2n) is 4.63. The zero-order valence-electron chi connectivity index (χ0n) is 10.3. The molecule has 0 aromatic rings. The maximum Gasteiger partial charge on any atom is 0.241 e. The van der Waals surface area contributed by atoms with Crippen LogP contribution in [0.3, 0.4) is 0 Å². The van der Waals surface area contributed by atoms with Crippen molar-refractivity contribution in [3.05, 3.63) is 0 Å². The van der Waals surface area contributed by atoms with E-state index < -0.39 is 0 Å². The molecule has 1 saturated heterocycles. The molecule has 1 N–H and O–H groups in total. The Morgan fingerprint density at radius 3 is 2.80 bits per heavy atom. The molecule has 15 heavy (non-hydrogen) atoms. The van der Waals surface area contributed by atoms with E-state index in [1.807, 2.05) is 19.0 Å². The van der Waals surface area contributed by atoms with E-state index in [-0.39, 0.29) is 11.9 Å². The standard InChI is InChI=1S/C11H23N3O/c1-5-9(2)10-11(15)14(8-12-10)7-6-13(3)4/h9-10,12H,5-8H2,1-4H3. The molecule has 2 unspecified atom stereocenters. The number of carbonyl (C=O) groups excluding carboxylic acids is 1. The van der Waals surface area contributed by atoms with Crippen LogP contribution < -0.4 is 5.32 Å². The molecule has 4 nitrogen and oxygen atoms in total. The SMILES string of the molecule is CCC(C)C1NCN(CCN(C)C)C1=O. The molecule has 0 bridgehead atoms. The van der Waals surface area contributed by atoms with Crippen molar-refractivity contribution in [3.63, 3.8) is 0 Å². The van der Waals surface area contributed by atoms with Gasteiger partial charge in [-0.15, -0.1) is 0 Å². The highest BCUT2D eigenvalue weighted by molar-refractivity contribution is 5.84. The van der Waals surface area contributed by atoms with Gasteiger partial charge in [0.05, 0.1) is 12.7 Å². The molecule has 1 aliphatic heterocycles. The number of rotatable bonds is 5. The fourth-order valence-corrected chi connectivity index (χ4v) is 1.76. The zero-order chi connectivity index (χ0) is 11.4. The average molecular weight is 213 g/mol. The second kappa shape index (κ2) is 5.47. The lowest BCUT2D eigenvalue weighted by Crippen LogP contribution is -2.37. The van der Waals surface area contributed by atoms with Crippen molar-refractivity contribution < 1.29 is 4.79 Å². The summed E-state index contributed by atoms with van der Waals surface area (Å²) in [6, 6.07) is 0.0390. The normalized spacial score (nSPS) is 23.9. The van der Waals surface area contributed by atoms with Crippen molar-refractivity contribution in [1.82, 2.24) is 15.1 Å². The second-order valence-corrected chi connectivity index (χ2v) is 4.63. The summed E-state index contributed by atoms with van der Waals surface area (Å²) >= 11 is 0. The number of nitrogens with one attached hydrogen (secondary N) is 1. The first-order chi connectivity index (χ1) is 7.06. The Balaban J connectivity index is 2.42. The van der Waals surface area contributed by atoms with Gasteiger partial charge >= 0.3 is 0 Å². The molecule has 4 heteroatoms. The van der Waals surface area contributed by atoms with Crippen molar-refractivity contribution in [3.8, 4) is 0 Å². The Hall–Kier alpha value is -0.610. The molecule has 0 aliphatic carbocycles. The van der Waals surface area contributed by atoms with Gasteiger partial charge in [-0.3, -0.25) is 10.1 Å². The minimum Gasteiger partial charge on any atom is -0.327 e. The van der Waals surface area contributed by atoms with Crippen LogP contribution in [-0.2, 0) is 4.79 Å². The summed E-state index contributed by atoms with van der Waals surface area (Å²) in [5, 5.41) is 3.29. The van der Waals surface area contributed by atoms with Gasteiger partial charge in [0, 0.05) is 13.1 Å². The summed E-state index contributed by atoms with van der Waals surface area (Å²) in [7, 11) is 4.06. The Labute approximate surface area is 92.6 Å². The van der Waals surface area contributed by atoms with Crippen LogP contribution in [0.15, 0.2) is 0 Å². The summed E-state index contributed by atoms with van der Waals surface area (Å²) in [6.45, 7) is 6.72. The lowest BCUT2D eigenvalue weighted by Gasteiger charge is -2.19. The topological polar surface area (TPSA) is 35.6 Å². The van der Waals surface area contributed by atoms with E-state index in [4.69, 9.17) is 0 Å². The third-order valence-electron chi connectivity index (χ3n) is 3.11. The number of amides is 1. The van der Waals surface area contributed by atoms with Crippen LogP contribution in [0.25, 0.3) is 0 Å². The Morgan fingerprint density at radius 2 is 2.27 bits per heavy atom. The van der Waals surface area contributed by atoms with Gasteiger partial charge in [0.1, 0.15) is 0 Å². The summed E-state index contributed by atoms with van der Waals surface area (Å²) in [5.74, 6) is 0.702. The molecule has 2 atom stereocenters. The Bertz CT molecular complexity index is 218. The number of hydrogen-bond donors (Lipinski definition) is 1. The lowest BCUT2D eigenvalue weighted by molar-refractivity contribution is -0.129. The van der Waals surface area contributed by atoms with Crippen molar-refractivity contribution in [2.24, 2.45) is 5.92 Å². The highest BCUT2D eigenvalue weighted by Gasteiger charge is 2.33. The van der Waals surface area contributed by atoms with Crippen LogP contribution in [0.2, 0.25) is 0 Å². The van der Waals surface area contributed by atoms with Gasteiger partial charge in [0.25, 0.3) is 0 Å². The van der Waals surface area contributed by atoms with Crippen LogP contribution in [0.1, 0.15) is 20.3 Å². The monoisotopic (exact) mass is 213 g/mol. The molecule has 0 aromatic carbocycles. The molecule has 1 aliphatic rings. The molecular formula is C11H23N3O. The average Bonchev–Trinajstić information content (AvgIpc) is 2.56. The van der Waals surface area contributed by atoms with Gasteiger partial charge < -0.3 is 9.80 Å². The third kappa shape index (κ3) is 3.18. The summed E-state index contributed by atoms with van der Waals surface area (Å²) in [5.41, 5.74) is 0. The van der Waals surface area contributed by atoms with E-state index in [9.17, 15) is 4.79 Å². The molecule has 0 spiro atoms. The van der Waals surface area contributed by atoms with E-state index in [0.717, 1.165) is 19.5 Å². The van der Waals surface area contributed by atoms with Crippen LogP contribution in [0.5, 0.6) is 0 Å². The highest BCUT2D eigenvalue weighted by Crippen LogP contribution is 2.14. The van der Waals surface area contributed by atoms with Crippen molar-refractivity contribution in [2.45, 2.75) is 26.3 Å². The maximum absolute atomic E-state index is 12.0. The fraction of sp³-hybridized carbons (Fsp3) is 0.909. The highest BCUT2D eigenvalue weighted by atomic mass is 16.2. The molecule has 0 radical (unpaired) electrons. The van der Waals surface area contributed by atoms with Crippen LogP contribution >= 0.6 is 0 Å². The van der Waals surface area contributed by atoms with Gasteiger partial charge in [-0.05, 0) is 20.0 Å². The van der Waals surface area contributed by atoms with Gasteiger partial charge in [-0.2, -0.15) is 0 Å².